The number of aliphatic hydroxyl groups is 1. The number of benzene rings is 2. The predicted octanol–water partition coefficient (Wildman–Crippen LogP) is 4.69. The molecule has 3 nitrogen and oxygen atoms in total. The van der Waals surface area contributed by atoms with Crippen LogP contribution in [0.4, 0.5) is 8.78 Å². The average Bonchev–Trinajstić information content (AvgIpc) is 2.63. The van der Waals surface area contributed by atoms with Crippen LogP contribution in [0.3, 0.4) is 0 Å². The fourth-order valence-electron chi connectivity index (χ4n) is 4.77. The maximum Gasteiger partial charge on any atom is 0.387 e. The van der Waals surface area contributed by atoms with Crippen LogP contribution in [0.5, 0.6) is 5.75 Å². The molecular weight excluding hydrogens is 348 g/mol. The Hall–Kier alpha value is -1.98. The van der Waals surface area contributed by atoms with Crippen molar-refractivity contribution in [2.45, 2.75) is 62.9 Å². The van der Waals surface area contributed by atoms with Crippen molar-refractivity contribution < 1.29 is 18.6 Å². The molecule has 2 atom stereocenters. The third-order valence-electron chi connectivity index (χ3n) is 5.96. The van der Waals surface area contributed by atoms with E-state index in [4.69, 9.17) is 0 Å². The van der Waals surface area contributed by atoms with Crippen LogP contribution in [0, 0.1) is 0 Å². The van der Waals surface area contributed by atoms with Gasteiger partial charge in [0.25, 0.3) is 0 Å². The van der Waals surface area contributed by atoms with Gasteiger partial charge in [0.15, 0.2) is 0 Å². The van der Waals surface area contributed by atoms with Gasteiger partial charge < -0.3 is 9.84 Å². The molecule has 0 amide bonds. The lowest BCUT2D eigenvalue weighted by molar-refractivity contribution is -0.100. The molecule has 0 radical (unpaired) electrons. The van der Waals surface area contributed by atoms with Crippen molar-refractivity contribution in [3.63, 3.8) is 0 Å². The number of hydrogen-bond acceptors (Lipinski definition) is 3. The van der Waals surface area contributed by atoms with Gasteiger partial charge in [0, 0.05) is 18.6 Å². The van der Waals surface area contributed by atoms with E-state index in [9.17, 15) is 13.9 Å². The van der Waals surface area contributed by atoms with Gasteiger partial charge in [-0.05, 0) is 48.9 Å². The van der Waals surface area contributed by atoms with Crippen molar-refractivity contribution in [1.82, 2.24) is 4.90 Å². The van der Waals surface area contributed by atoms with E-state index in [1.807, 2.05) is 12.1 Å². The van der Waals surface area contributed by atoms with Crippen molar-refractivity contribution >= 4 is 0 Å². The molecule has 2 aromatic carbocycles. The summed E-state index contributed by atoms with van der Waals surface area (Å²) in [6.07, 6.45) is 4.52. The third kappa shape index (κ3) is 3.99. The number of rotatable bonds is 5. The maximum absolute atomic E-state index is 12.5. The van der Waals surface area contributed by atoms with E-state index in [-0.39, 0.29) is 5.75 Å². The molecule has 2 bridgehead atoms. The van der Waals surface area contributed by atoms with Crippen LogP contribution in [0.1, 0.15) is 43.2 Å². The number of fused-ring (bicyclic) bond motifs is 2. The topological polar surface area (TPSA) is 32.7 Å². The van der Waals surface area contributed by atoms with Crippen LogP contribution in [-0.4, -0.2) is 28.7 Å². The molecule has 2 aliphatic heterocycles. The molecule has 0 spiro atoms. The van der Waals surface area contributed by atoms with Crippen LogP contribution in [0.15, 0.2) is 54.6 Å². The molecule has 2 saturated heterocycles. The molecule has 0 aliphatic carbocycles. The van der Waals surface area contributed by atoms with Gasteiger partial charge in [-0.25, -0.2) is 0 Å². The summed E-state index contributed by atoms with van der Waals surface area (Å²) >= 11 is 0. The zero-order valence-corrected chi connectivity index (χ0v) is 15.2. The van der Waals surface area contributed by atoms with Crippen LogP contribution < -0.4 is 4.74 Å². The first kappa shape index (κ1) is 18.4. The van der Waals surface area contributed by atoms with Gasteiger partial charge in [0.1, 0.15) is 5.75 Å². The fraction of sp³-hybridized carbons (Fsp3) is 0.455. The van der Waals surface area contributed by atoms with Crippen molar-refractivity contribution in [2.75, 3.05) is 0 Å². The van der Waals surface area contributed by atoms with E-state index in [0.717, 1.165) is 19.4 Å². The lowest BCUT2D eigenvalue weighted by atomic mass is 9.72. The van der Waals surface area contributed by atoms with Crippen molar-refractivity contribution in [1.29, 1.82) is 0 Å². The highest BCUT2D eigenvalue weighted by molar-refractivity contribution is 5.33. The number of alkyl halides is 2. The van der Waals surface area contributed by atoms with Gasteiger partial charge >= 0.3 is 6.61 Å². The molecule has 2 heterocycles. The Bertz CT molecular complexity index is 754. The van der Waals surface area contributed by atoms with Crippen LogP contribution in [0.25, 0.3) is 0 Å². The number of ether oxygens (including phenoxy) is 1. The largest absolute Gasteiger partial charge is 0.435 e. The monoisotopic (exact) mass is 373 g/mol. The Kier molecular flexibility index (Phi) is 5.15. The first-order chi connectivity index (χ1) is 13.0. The molecule has 1 N–H and O–H groups in total. The highest BCUT2D eigenvalue weighted by atomic mass is 19.3. The highest BCUT2D eigenvalue weighted by Crippen LogP contribution is 2.45. The molecule has 5 heteroatoms. The molecule has 144 valence electrons. The minimum Gasteiger partial charge on any atom is -0.435 e. The van der Waals surface area contributed by atoms with Gasteiger partial charge in [-0.3, -0.25) is 4.90 Å². The quantitative estimate of drug-likeness (QED) is 0.825. The molecule has 2 aliphatic rings. The minimum absolute atomic E-state index is 0.104. The zero-order chi connectivity index (χ0) is 18.9. The summed E-state index contributed by atoms with van der Waals surface area (Å²) in [5.41, 5.74) is 0.967. The second-order valence-electron chi connectivity index (χ2n) is 7.74. The molecular formula is C22H25F2NO2. The van der Waals surface area contributed by atoms with Crippen LogP contribution in [-0.2, 0) is 12.1 Å². The second kappa shape index (κ2) is 7.56. The van der Waals surface area contributed by atoms with E-state index in [2.05, 4.69) is 33.9 Å². The zero-order valence-electron chi connectivity index (χ0n) is 15.2. The molecule has 4 rings (SSSR count). The molecule has 27 heavy (non-hydrogen) atoms. The molecule has 0 aromatic heterocycles. The van der Waals surface area contributed by atoms with E-state index in [0.29, 0.717) is 30.5 Å². The van der Waals surface area contributed by atoms with Crippen molar-refractivity contribution in [3.05, 3.63) is 65.7 Å². The van der Waals surface area contributed by atoms with Crippen LogP contribution in [0.2, 0.25) is 0 Å². The van der Waals surface area contributed by atoms with Gasteiger partial charge in [-0.1, -0.05) is 48.9 Å². The standard InChI is InChI=1S/C22H25F2NO2/c23-21(24)27-20-11-4-8-17(12-20)22(26)13-18-9-5-10-19(14-22)25(18)15-16-6-2-1-3-7-16/h1-4,6-8,11-12,18-19,21,26H,5,9-10,13-15H2. The third-order valence-corrected chi connectivity index (χ3v) is 5.96. The Labute approximate surface area is 158 Å². The van der Waals surface area contributed by atoms with E-state index in [1.54, 1.807) is 12.1 Å². The number of nitrogens with zero attached hydrogens (tertiary/aromatic N) is 1. The molecule has 2 fully saturated rings. The summed E-state index contributed by atoms with van der Waals surface area (Å²) in [5.74, 6) is 0.104. The highest BCUT2D eigenvalue weighted by Gasteiger charge is 2.46. The predicted molar refractivity (Wildman–Crippen MR) is 99.6 cm³/mol. The van der Waals surface area contributed by atoms with E-state index >= 15 is 0 Å². The van der Waals surface area contributed by atoms with Gasteiger partial charge in [-0.15, -0.1) is 0 Å². The lowest BCUT2D eigenvalue weighted by Gasteiger charge is -2.52. The van der Waals surface area contributed by atoms with Crippen molar-refractivity contribution in [3.8, 4) is 5.75 Å². The normalized spacial score (nSPS) is 28.3. The average molecular weight is 373 g/mol. The summed E-state index contributed by atoms with van der Waals surface area (Å²) in [6, 6.07) is 17.6. The summed E-state index contributed by atoms with van der Waals surface area (Å²) in [6.45, 7) is -1.97. The maximum atomic E-state index is 12.5. The Morgan fingerprint density at radius 2 is 1.74 bits per heavy atom. The summed E-state index contributed by atoms with van der Waals surface area (Å²) < 4.78 is 29.6. The van der Waals surface area contributed by atoms with E-state index < -0.39 is 12.2 Å². The molecule has 2 aromatic rings. The smallest absolute Gasteiger partial charge is 0.387 e. The lowest BCUT2D eigenvalue weighted by Crippen LogP contribution is -2.56. The first-order valence-electron chi connectivity index (χ1n) is 9.61. The molecule has 2 unspecified atom stereocenters. The molecule has 0 saturated carbocycles. The summed E-state index contributed by atoms with van der Waals surface area (Å²) in [4.78, 5) is 2.52. The van der Waals surface area contributed by atoms with Gasteiger partial charge in [-0.2, -0.15) is 8.78 Å². The Morgan fingerprint density at radius 1 is 1.04 bits per heavy atom. The van der Waals surface area contributed by atoms with Crippen molar-refractivity contribution in [2.24, 2.45) is 0 Å². The van der Waals surface area contributed by atoms with Crippen LogP contribution >= 0.6 is 0 Å². The first-order valence-corrected chi connectivity index (χ1v) is 9.61. The Balaban J connectivity index is 1.55. The summed E-state index contributed by atoms with van der Waals surface area (Å²) in [5, 5.41) is 11.4. The van der Waals surface area contributed by atoms with Gasteiger partial charge in [0.2, 0.25) is 0 Å². The number of piperidine rings is 2. The number of hydrogen-bond donors (Lipinski definition) is 1. The fourth-order valence-corrected chi connectivity index (χ4v) is 4.77. The Morgan fingerprint density at radius 3 is 2.41 bits per heavy atom. The summed E-state index contributed by atoms with van der Waals surface area (Å²) in [7, 11) is 0. The van der Waals surface area contributed by atoms with E-state index in [1.165, 1.54) is 18.1 Å². The minimum atomic E-state index is -2.86. The number of halogens is 2. The van der Waals surface area contributed by atoms with Gasteiger partial charge in [0.05, 0.1) is 5.60 Å². The second-order valence-corrected chi connectivity index (χ2v) is 7.74. The SMILES string of the molecule is OC1(c2cccc(OC(F)F)c2)CC2CCCC(C1)N2Cc1ccccc1.